The summed E-state index contributed by atoms with van der Waals surface area (Å²) >= 11 is 0. The monoisotopic (exact) mass is 341 g/mol. The zero-order chi connectivity index (χ0) is 17.8. The standard InChI is InChI=1S/C19H27N5O/c1-14-7-6-10-23(12-14)13-15(2)22-19(25)17-11-21-24(16(17)3)18-8-4-5-9-20-18/h4-5,8-9,11,14-15H,6-7,10,12-13H2,1-3H3,(H,22,25)/t14-,15+/m0/s1. The highest BCUT2D eigenvalue weighted by Crippen LogP contribution is 2.16. The lowest BCUT2D eigenvalue weighted by Gasteiger charge is -2.32. The van der Waals surface area contributed by atoms with Crippen molar-refractivity contribution in [1.29, 1.82) is 0 Å². The summed E-state index contributed by atoms with van der Waals surface area (Å²) in [4.78, 5) is 19.4. The average Bonchev–Trinajstić information content (AvgIpc) is 2.97. The third kappa shape index (κ3) is 4.25. The Kier molecular flexibility index (Phi) is 5.48. The van der Waals surface area contributed by atoms with Crippen molar-refractivity contribution in [2.75, 3.05) is 19.6 Å². The Morgan fingerprint density at radius 1 is 1.44 bits per heavy atom. The van der Waals surface area contributed by atoms with E-state index < -0.39 is 0 Å². The molecule has 1 N–H and O–H groups in total. The van der Waals surface area contributed by atoms with E-state index in [1.807, 2.05) is 25.1 Å². The van der Waals surface area contributed by atoms with Gasteiger partial charge in [0.05, 0.1) is 17.5 Å². The molecule has 2 atom stereocenters. The number of aromatic nitrogens is 3. The van der Waals surface area contributed by atoms with Crippen LogP contribution in [0, 0.1) is 12.8 Å². The Bertz CT molecular complexity index is 712. The number of carbonyl (C=O) groups excluding carboxylic acids is 1. The number of carbonyl (C=O) groups is 1. The van der Waals surface area contributed by atoms with Crippen LogP contribution in [0.4, 0.5) is 0 Å². The number of likely N-dealkylation sites (tertiary alicyclic amines) is 1. The number of hydrogen-bond donors (Lipinski definition) is 1. The van der Waals surface area contributed by atoms with E-state index in [1.54, 1.807) is 17.1 Å². The molecule has 1 amide bonds. The molecule has 1 aliphatic rings. The number of hydrogen-bond acceptors (Lipinski definition) is 4. The molecule has 0 unspecified atom stereocenters. The number of rotatable bonds is 5. The SMILES string of the molecule is Cc1c(C(=O)N[C@H](C)CN2CCC[C@H](C)C2)cnn1-c1ccccn1. The van der Waals surface area contributed by atoms with Crippen LogP contribution in [-0.2, 0) is 0 Å². The van der Waals surface area contributed by atoms with Gasteiger partial charge in [-0.15, -0.1) is 0 Å². The van der Waals surface area contributed by atoms with Crippen LogP contribution in [0.1, 0.15) is 42.7 Å². The van der Waals surface area contributed by atoms with Gasteiger partial charge < -0.3 is 10.2 Å². The zero-order valence-corrected chi connectivity index (χ0v) is 15.3. The number of nitrogens with zero attached hydrogens (tertiary/aromatic N) is 4. The summed E-state index contributed by atoms with van der Waals surface area (Å²) in [5.74, 6) is 1.39. The molecule has 1 aliphatic heterocycles. The molecule has 0 aromatic carbocycles. The highest BCUT2D eigenvalue weighted by atomic mass is 16.1. The van der Waals surface area contributed by atoms with Crippen molar-refractivity contribution in [2.45, 2.75) is 39.7 Å². The second kappa shape index (κ2) is 7.78. The van der Waals surface area contributed by atoms with E-state index in [2.05, 4.69) is 34.1 Å². The van der Waals surface area contributed by atoms with Gasteiger partial charge in [0, 0.05) is 25.3 Å². The fraction of sp³-hybridized carbons (Fsp3) is 0.526. The number of piperidine rings is 1. The van der Waals surface area contributed by atoms with Gasteiger partial charge >= 0.3 is 0 Å². The van der Waals surface area contributed by atoms with Gasteiger partial charge in [-0.1, -0.05) is 13.0 Å². The lowest BCUT2D eigenvalue weighted by molar-refractivity contribution is 0.0919. The van der Waals surface area contributed by atoms with Gasteiger partial charge in [0.15, 0.2) is 5.82 Å². The molecule has 1 fully saturated rings. The molecule has 0 radical (unpaired) electrons. The lowest BCUT2D eigenvalue weighted by Crippen LogP contribution is -2.45. The Morgan fingerprint density at radius 2 is 2.28 bits per heavy atom. The average molecular weight is 341 g/mol. The van der Waals surface area contributed by atoms with E-state index in [9.17, 15) is 4.79 Å². The van der Waals surface area contributed by atoms with Crippen LogP contribution in [0.3, 0.4) is 0 Å². The van der Waals surface area contributed by atoms with Crippen molar-refractivity contribution in [1.82, 2.24) is 25.0 Å². The van der Waals surface area contributed by atoms with E-state index >= 15 is 0 Å². The van der Waals surface area contributed by atoms with Crippen LogP contribution in [0.15, 0.2) is 30.6 Å². The van der Waals surface area contributed by atoms with E-state index in [0.717, 1.165) is 37.1 Å². The summed E-state index contributed by atoms with van der Waals surface area (Å²) in [6.07, 6.45) is 5.90. The molecular formula is C19H27N5O. The van der Waals surface area contributed by atoms with Crippen molar-refractivity contribution in [3.63, 3.8) is 0 Å². The van der Waals surface area contributed by atoms with Crippen molar-refractivity contribution in [3.8, 4) is 5.82 Å². The molecule has 6 heteroatoms. The van der Waals surface area contributed by atoms with Crippen LogP contribution in [0.25, 0.3) is 5.82 Å². The third-order valence-corrected chi connectivity index (χ3v) is 4.77. The molecule has 0 aliphatic carbocycles. The molecule has 25 heavy (non-hydrogen) atoms. The van der Waals surface area contributed by atoms with Crippen molar-refractivity contribution >= 4 is 5.91 Å². The second-order valence-corrected chi connectivity index (χ2v) is 7.12. The zero-order valence-electron chi connectivity index (χ0n) is 15.3. The van der Waals surface area contributed by atoms with Crippen molar-refractivity contribution in [3.05, 3.63) is 41.9 Å². The normalized spacial score (nSPS) is 19.6. The molecule has 0 saturated carbocycles. The molecular weight excluding hydrogens is 314 g/mol. The van der Waals surface area contributed by atoms with Crippen LogP contribution >= 0.6 is 0 Å². The molecule has 134 valence electrons. The first-order chi connectivity index (χ1) is 12.0. The van der Waals surface area contributed by atoms with Gasteiger partial charge in [0.2, 0.25) is 0 Å². The molecule has 6 nitrogen and oxygen atoms in total. The predicted molar refractivity (Wildman–Crippen MR) is 97.9 cm³/mol. The van der Waals surface area contributed by atoms with Gasteiger partial charge in [-0.2, -0.15) is 5.10 Å². The van der Waals surface area contributed by atoms with Crippen LogP contribution in [0.5, 0.6) is 0 Å². The van der Waals surface area contributed by atoms with Crippen molar-refractivity contribution < 1.29 is 4.79 Å². The maximum absolute atomic E-state index is 12.6. The second-order valence-electron chi connectivity index (χ2n) is 7.12. The minimum absolute atomic E-state index is 0.0720. The topological polar surface area (TPSA) is 63.1 Å². The maximum atomic E-state index is 12.6. The van der Waals surface area contributed by atoms with Gasteiger partial charge in [-0.3, -0.25) is 4.79 Å². The van der Waals surface area contributed by atoms with Crippen LogP contribution < -0.4 is 5.32 Å². The summed E-state index contributed by atoms with van der Waals surface area (Å²) in [6, 6.07) is 5.75. The Hall–Kier alpha value is -2.21. The summed E-state index contributed by atoms with van der Waals surface area (Å²) in [5, 5.41) is 7.43. The Morgan fingerprint density at radius 3 is 3.00 bits per heavy atom. The van der Waals surface area contributed by atoms with E-state index in [0.29, 0.717) is 5.56 Å². The predicted octanol–water partition coefficient (Wildman–Crippen LogP) is 2.43. The smallest absolute Gasteiger partial charge is 0.255 e. The molecule has 0 spiro atoms. The van der Waals surface area contributed by atoms with Crippen molar-refractivity contribution in [2.24, 2.45) is 5.92 Å². The number of amides is 1. The summed E-state index contributed by atoms with van der Waals surface area (Å²) in [7, 11) is 0. The molecule has 1 saturated heterocycles. The molecule has 0 bridgehead atoms. The highest BCUT2D eigenvalue weighted by Gasteiger charge is 2.21. The summed E-state index contributed by atoms with van der Waals surface area (Å²) in [5.41, 5.74) is 1.40. The third-order valence-electron chi connectivity index (χ3n) is 4.77. The quantitative estimate of drug-likeness (QED) is 0.907. The van der Waals surface area contributed by atoms with E-state index in [4.69, 9.17) is 0 Å². The molecule has 3 rings (SSSR count). The number of pyridine rings is 1. The largest absolute Gasteiger partial charge is 0.348 e. The van der Waals surface area contributed by atoms with Crippen LogP contribution in [0.2, 0.25) is 0 Å². The van der Waals surface area contributed by atoms with Gasteiger partial charge in [0.25, 0.3) is 5.91 Å². The summed E-state index contributed by atoms with van der Waals surface area (Å²) < 4.78 is 1.70. The first-order valence-corrected chi connectivity index (χ1v) is 9.04. The molecule has 2 aromatic heterocycles. The fourth-order valence-corrected chi connectivity index (χ4v) is 3.53. The fourth-order valence-electron chi connectivity index (χ4n) is 3.53. The Labute approximate surface area is 149 Å². The van der Waals surface area contributed by atoms with Gasteiger partial charge in [0.1, 0.15) is 0 Å². The highest BCUT2D eigenvalue weighted by molar-refractivity contribution is 5.95. The van der Waals surface area contributed by atoms with Crippen LogP contribution in [-0.4, -0.2) is 51.2 Å². The lowest BCUT2D eigenvalue weighted by atomic mass is 10.00. The molecule has 2 aromatic rings. The van der Waals surface area contributed by atoms with Gasteiger partial charge in [-0.05, 0) is 51.3 Å². The first kappa shape index (κ1) is 17.6. The molecule has 3 heterocycles. The number of nitrogens with one attached hydrogen (secondary N) is 1. The summed E-state index contributed by atoms with van der Waals surface area (Å²) in [6.45, 7) is 9.40. The first-order valence-electron chi connectivity index (χ1n) is 9.04. The maximum Gasteiger partial charge on any atom is 0.255 e. The Balaban J connectivity index is 1.62. The minimum Gasteiger partial charge on any atom is -0.348 e. The minimum atomic E-state index is -0.0720. The van der Waals surface area contributed by atoms with Gasteiger partial charge in [-0.25, -0.2) is 9.67 Å². The van der Waals surface area contributed by atoms with E-state index in [1.165, 1.54) is 12.8 Å². The van der Waals surface area contributed by atoms with E-state index in [-0.39, 0.29) is 11.9 Å².